The van der Waals surface area contributed by atoms with E-state index in [0.29, 0.717) is 13.0 Å². The molecule has 0 amide bonds. The normalized spacial score (nSPS) is 22.3. The number of allylic oxidation sites excluding steroid dienone is 1. The van der Waals surface area contributed by atoms with Gasteiger partial charge in [0.2, 0.25) is 12.0 Å². The zero-order valence-corrected chi connectivity index (χ0v) is 11.2. The molecule has 0 aromatic heterocycles. The predicted molar refractivity (Wildman–Crippen MR) is 70.4 cm³/mol. The first-order valence-corrected chi connectivity index (χ1v) is 6.38. The molecule has 0 radical (unpaired) electrons. The summed E-state index contributed by atoms with van der Waals surface area (Å²) in [5, 5.41) is 0. The highest BCUT2D eigenvalue weighted by molar-refractivity contribution is 5.86. The highest BCUT2D eigenvalue weighted by Gasteiger charge is 2.28. The van der Waals surface area contributed by atoms with Gasteiger partial charge in [0.1, 0.15) is 0 Å². The zero-order chi connectivity index (χ0) is 13.7. The van der Waals surface area contributed by atoms with Crippen LogP contribution in [0.5, 0.6) is 0 Å². The molecule has 1 aromatic rings. The summed E-state index contributed by atoms with van der Waals surface area (Å²) in [6.07, 6.45) is 2.09. The molecule has 0 aliphatic carbocycles. The molecule has 0 saturated heterocycles. The smallest absolute Gasteiger partial charge is 0.373 e. The van der Waals surface area contributed by atoms with E-state index in [1.54, 1.807) is 6.08 Å². The van der Waals surface area contributed by atoms with Gasteiger partial charge in [-0.2, -0.15) is 0 Å². The zero-order valence-electron chi connectivity index (χ0n) is 11.2. The van der Waals surface area contributed by atoms with Crippen LogP contribution in [0.3, 0.4) is 0 Å². The van der Waals surface area contributed by atoms with E-state index in [2.05, 4.69) is 0 Å². The molecule has 0 unspecified atom stereocenters. The van der Waals surface area contributed by atoms with Crippen LogP contribution in [-0.4, -0.2) is 26.0 Å². The van der Waals surface area contributed by atoms with Gasteiger partial charge in [-0.3, -0.25) is 0 Å². The van der Waals surface area contributed by atoms with Crippen molar-refractivity contribution in [2.24, 2.45) is 0 Å². The summed E-state index contributed by atoms with van der Waals surface area (Å²) in [7, 11) is 1.34. The molecule has 102 valence electrons. The van der Waals surface area contributed by atoms with Crippen LogP contribution in [0.1, 0.15) is 24.8 Å². The summed E-state index contributed by atoms with van der Waals surface area (Å²) in [6, 6.07) is 9.99. The van der Waals surface area contributed by atoms with E-state index in [1.165, 1.54) is 7.11 Å². The molecule has 1 heterocycles. The number of esters is 1. The Bertz CT molecular complexity index is 452. The van der Waals surface area contributed by atoms with Gasteiger partial charge in [0.15, 0.2) is 0 Å². The van der Waals surface area contributed by atoms with Gasteiger partial charge in [0.05, 0.1) is 7.11 Å². The number of ether oxygens (including phenoxy) is 3. The highest BCUT2D eigenvalue weighted by Crippen LogP contribution is 2.31. The Hall–Kier alpha value is -1.81. The quantitative estimate of drug-likeness (QED) is 0.782. The number of carbonyl (C=O) groups is 1. The summed E-state index contributed by atoms with van der Waals surface area (Å²) in [6.45, 7) is 2.44. The fourth-order valence-corrected chi connectivity index (χ4v) is 2.12. The maximum absolute atomic E-state index is 11.6. The Morgan fingerprint density at radius 1 is 1.37 bits per heavy atom. The minimum absolute atomic E-state index is 0.0978. The average Bonchev–Trinajstić information content (AvgIpc) is 2.47. The Morgan fingerprint density at radius 3 is 2.74 bits per heavy atom. The molecule has 2 atom stereocenters. The molecule has 0 saturated carbocycles. The van der Waals surface area contributed by atoms with Crippen LogP contribution in [-0.2, 0) is 19.0 Å². The molecule has 0 fully saturated rings. The van der Waals surface area contributed by atoms with Crippen molar-refractivity contribution in [3.8, 4) is 0 Å². The largest absolute Gasteiger partial charge is 0.463 e. The number of benzene rings is 1. The standard InChI is InChI=1S/C15H18O4/c1-3-18-14-10-12(11-7-5-4-6-8-11)9-13(19-14)15(16)17-2/h4-9,12,14H,3,10H2,1-2H3/t12-,14+/m0/s1. The SMILES string of the molecule is CCO[C@H]1C[C@@H](c2ccccc2)C=C(C(=O)OC)O1. The first-order valence-electron chi connectivity index (χ1n) is 6.38. The third-order valence-corrected chi connectivity index (χ3v) is 3.02. The minimum Gasteiger partial charge on any atom is -0.463 e. The van der Waals surface area contributed by atoms with Gasteiger partial charge in [0.25, 0.3) is 0 Å². The van der Waals surface area contributed by atoms with Gasteiger partial charge in [-0.25, -0.2) is 4.79 Å². The highest BCUT2D eigenvalue weighted by atomic mass is 16.7. The van der Waals surface area contributed by atoms with Gasteiger partial charge in [-0.05, 0) is 18.6 Å². The van der Waals surface area contributed by atoms with Crippen LogP contribution in [0.15, 0.2) is 42.2 Å². The molecule has 1 aliphatic rings. The van der Waals surface area contributed by atoms with E-state index in [4.69, 9.17) is 14.2 Å². The van der Waals surface area contributed by atoms with Crippen LogP contribution in [0, 0.1) is 0 Å². The number of methoxy groups -OCH3 is 1. The fraction of sp³-hybridized carbons (Fsp3) is 0.400. The Morgan fingerprint density at radius 2 is 2.11 bits per heavy atom. The predicted octanol–water partition coefficient (Wildman–Crippen LogP) is 2.61. The summed E-state index contributed by atoms with van der Waals surface area (Å²) in [4.78, 5) is 11.6. The summed E-state index contributed by atoms with van der Waals surface area (Å²) in [5.41, 5.74) is 1.14. The van der Waals surface area contributed by atoms with E-state index in [0.717, 1.165) is 5.56 Å². The van der Waals surface area contributed by atoms with Gasteiger partial charge in [-0.1, -0.05) is 30.3 Å². The second kappa shape index (κ2) is 6.38. The van der Waals surface area contributed by atoms with E-state index >= 15 is 0 Å². The Balaban J connectivity index is 2.24. The van der Waals surface area contributed by atoms with Crippen LogP contribution in [0.4, 0.5) is 0 Å². The van der Waals surface area contributed by atoms with Crippen molar-refractivity contribution >= 4 is 5.97 Å². The van der Waals surface area contributed by atoms with E-state index in [1.807, 2.05) is 37.3 Å². The number of rotatable bonds is 4. The molecular formula is C15H18O4. The maximum Gasteiger partial charge on any atom is 0.373 e. The molecule has 1 aromatic carbocycles. The molecular weight excluding hydrogens is 244 g/mol. The fourth-order valence-electron chi connectivity index (χ4n) is 2.12. The number of hydrogen-bond donors (Lipinski definition) is 0. The van der Waals surface area contributed by atoms with Crippen molar-refractivity contribution in [3.63, 3.8) is 0 Å². The molecule has 4 nitrogen and oxygen atoms in total. The van der Waals surface area contributed by atoms with Crippen LogP contribution < -0.4 is 0 Å². The van der Waals surface area contributed by atoms with E-state index in [9.17, 15) is 4.79 Å². The van der Waals surface area contributed by atoms with Gasteiger partial charge < -0.3 is 14.2 Å². The molecule has 19 heavy (non-hydrogen) atoms. The molecule has 0 spiro atoms. The molecule has 1 aliphatic heterocycles. The van der Waals surface area contributed by atoms with Crippen LogP contribution >= 0.6 is 0 Å². The number of carbonyl (C=O) groups excluding carboxylic acids is 1. The van der Waals surface area contributed by atoms with Crippen molar-refractivity contribution in [3.05, 3.63) is 47.7 Å². The average molecular weight is 262 g/mol. The van der Waals surface area contributed by atoms with Crippen LogP contribution in [0.25, 0.3) is 0 Å². The van der Waals surface area contributed by atoms with Crippen molar-refractivity contribution in [1.29, 1.82) is 0 Å². The third-order valence-electron chi connectivity index (χ3n) is 3.02. The molecule has 0 bridgehead atoms. The maximum atomic E-state index is 11.6. The summed E-state index contributed by atoms with van der Waals surface area (Å²) in [5.74, 6) is -0.146. The van der Waals surface area contributed by atoms with E-state index in [-0.39, 0.29) is 11.7 Å². The van der Waals surface area contributed by atoms with Gasteiger partial charge in [0, 0.05) is 18.9 Å². The molecule has 2 rings (SSSR count). The Kier molecular flexibility index (Phi) is 4.58. The summed E-state index contributed by atoms with van der Waals surface area (Å²) >= 11 is 0. The second-order valence-corrected chi connectivity index (χ2v) is 4.28. The van der Waals surface area contributed by atoms with Crippen molar-refractivity contribution in [2.45, 2.75) is 25.6 Å². The van der Waals surface area contributed by atoms with Crippen molar-refractivity contribution < 1.29 is 19.0 Å². The monoisotopic (exact) mass is 262 g/mol. The topological polar surface area (TPSA) is 44.8 Å². The molecule has 4 heteroatoms. The lowest BCUT2D eigenvalue weighted by molar-refractivity contribution is -0.158. The van der Waals surface area contributed by atoms with E-state index < -0.39 is 12.3 Å². The first kappa shape index (κ1) is 13.6. The third kappa shape index (κ3) is 3.35. The van der Waals surface area contributed by atoms with Gasteiger partial charge >= 0.3 is 5.97 Å². The lowest BCUT2D eigenvalue weighted by Crippen LogP contribution is -2.27. The van der Waals surface area contributed by atoms with Crippen molar-refractivity contribution in [2.75, 3.05) is 13.7 Å². The molecule has 0 N–H and O–H groups in total. The van der Waals surface area contributed by atoms with Crippen LogP contribution in [0.2, 0.25) is 0 Å². The second-order valence-electron chi connectivity index (χ2n) is 4.28. The number of hydrogen-bond acceptors (Lipinski definition) is 4. The lowest BCUT2D eigenvalue weighted by Gasteiger charge is -2.28. The van der Waals surface area contributed by atoms with Crippen molar-refractivity contribution in [1.82, 2.24) is 0 Å². The lowest BCUT2D eigenvalue weighted by atomic mass is 9.93. The first-order chi connectivity index (χ1) is 9.24. The Labute approximate surface area is 113 Å². The summed E-state index contributed by atoms with van der Waals surface area (Å²) < 4.78 is 15.7. The minimum atomic E-state index is -0.467. The van der Waals surface area contributed by atoms with Gasteiger partial charge in [-0.15, -0.1) is 0 Å².